The second-order valence-corrected chi connectivity index (χ2v) is 5.56. The summed E-state index contributed by atoms with van der Waals surface area (Å²) < 4.78 is 10.0. The van der Waals surface area contributed by atoms with Gasteiger partial charge in [0.05, 0.1) is 31.2 Å². The Labute approximate surface area is 150 Å². The van der Waals surface area contributed by atoms with Crippen molar-refractivity contribution in [2.45, 2.75) is 12.5 Å². The third-order valence-electron chi connectivity index (χ3n) is 3.97. The van der Waals surface area contributed by atoms with E-state index in [2.05, 4.69) is 10.5 Å². The van der Waals surface area contributed by atoms with Crippen molar-refractivity contribution < 1.29 is 23.9 Å². The molecule has 0 spiro atoms. The van der Waals surface area contributed by atoms with Gasteiger partial charge in [-0.1, -0.05) is 29.4 Å². The van der Waals surface area contributed by atoms with Crippen LogP contribution in [0.1, 0.15) is 22.3 Å². The molecule has 2 aromatic rings. The summed E-state index contributed by atoms with van der Waals surface area (Å²) in [4.78, 5) is 29.6. The fourth-order valence-electron chi connectivity index (χ4n) is 2.65. The van der Waals surface area contributed by atoms with Crippen LogP contribution in [0.3, 0.4) is 0 Å². The van der Waals surface area contributed by atoms with Crippen molar-refractivity contribution in [2.24, 2.45) is 5.16 Å². The van der Waals surface area contributed by atoms with Crippen LogP contribution in [-0.2, 0) is 14.4 Å². The highest BCUT2D eigenvalue weighted by atomic mass is 16.6. The zero-order valence-electron chi connectivity index (χ0n) is 14.4. The molecule has 1 aliphatic rings. The number of hydrogen-bond donors (Lipinski definition) is 1. The van der Waals surface area contributed by atoms with Crippen molar-refractivity contribution in [1.82, 2.24) is 0 Å². The summed E-state index contributed by atoms with van der Waals surface area (Å²) in [5, 5.41) is 6.72. The minimum absolute atomic E-state index is 0.271. The van der Waals surface area contributed by atoms with Crippen molar-refractivity contribution in [3.63, 3.8) is 0 Å². The maximum atomic E-state index is 12.5. The Balaban J connectivity index is 1.71. The zero-order chi connectivity index (χ0) is 18.5. The Hall–Kier alpha value is -3.35. The van der Waals surface area contributed by atoms with Crippen molar-refractivity contribution >= 4 is 23.3 Å². The van der Waals surface area contributed by atoms with E-state index in [0.29, 0.717) is 23.6 Å². The number of carbonyl (C=O) groups is 2. The standard InChI is InChI=1S/C19H18N2O5/c1-24-16-10-6-4-7-12(16)15-11-17(26-21-15)18(22)20-14-9-5-3-8-13(14)19(23)25-2/h3-10,17H,11H2,1-2H3,(H,20,22)/t17-/m0/s1. The number of hydrogen-bond acceptors (Lipinski definition) is 6. The van der Waals surface area contributed by atoms with Crippen LogP contribution in [0.15, 0.2) is 53.7 Å². The molecule has 0 unspecified atom stereocenters. The number of rotatable bonds is 5. The minimum atomic E-state index is -0.791. The summed E-state index contributed by atoms with van der Waals surface area (Å²) in [6, 6.07) is 14.0. The second-order valence-electron chi connectivity index (χ2n) is 5.56. The molecule has 2 aromatic carbocycles. The predicted octanol–water partition coefficient (Wildman–Crippen LogP) is 2.61. The summed E-state index contributed by atoms with van der Waals surface area (Å²) in [6.07, 6.45) is -0.493. The van der Waals surface area contributed by atoms with Crippen molar-refractivity contribution in [3.8, 4) is 5.75 Å². The van der Waals surface area contributed by atoms with Gasteiger partial charge in [0.2, 0.25) is 6.10 Å². The van der Waals surface area contributed by atoms with Crippen LogP contribution in [0.25, 0.3) is 0 Å². The summed E-state index contributed by atoms with van der Waals surface area (Å²) >= 11 is 0. The van der Waals surface area contributed by atoms with E-state index in [-0.39, 0.29) is 5.56 Å². The highest BCUT2D eigenvalue weighted by molar-refractivity contribution is 6.08. The molecule has 0 fully saturated rings. The van der Waals surface area contributed by atoms with E-state index in [1.54, 1.807) is 31.4 Å². The predicted molar refractivity (Wildman–Crippen MR) is 95.4 cm³/mol. The van der Waals surface area contributed by atoms with E-state index < -0.39 is 18.0 Å². The topological polar surface area (TPSA) is 86.2 Å². The first kappa shape index (κ1) is 17.5. The van der Waals surface area contributed by atoms with Crippen molar-refractivity contribution in [1.29, 1.82) is 0 Å². The molecular formula is C19H18N2O5. The van der Waals surface area contributed by atoms with Gasteiger partial charge >= 0.3 is 5.97 Å². The van der Waals surface area contributed by atoms with Gasteiger partial charge in [0.15, 0.2) is 0 Å². The molecule has 1 heterocycles. The maximum Gasteiger partial charge on any atom is 0.339 e. The molecule has 1 N–H and O–H groups in total. The molecule has 7 nitrogen and oxygen atoms in total. The monoisotopic (exact) mass is 354 g/mol. The number of para-hydroxylation sites is 2. The van der Waals surface area contributed by atoms with Crippen LogP contribution >= 0.6 is 0 Å². The molecule has 0 saturated heterocycles. The molecule has 0 aromatic heterocycles. The van der Waals surface area contributed by atoms with E-state index in [9.17, 15) is 9.59 Å². The van der Waals surface area contributed by atoms with Crippen LogP contribution in [0.4, 0.5) is 5.69 Å². The molecule has 1 aliphatic heterocycles. The molecule has 0 bridgehead atoms. The molecule has 1 amide bonds. The Bertz CT molecular complexity index is 863. The van der Waals surface area contributed by atoms with Crippen molar-refractivity contribution in [3.05, 3.63) is 59.7 Å². The first-order valence-electron chi connectivity index (χ1n) is 7.98. The normalized spacial score (nSPS) is 15.6. The van der Waals surface area contributed by atoms with Gasteiger partial charge in [0, 0.05) is 12.0 Å². The minimum Gasteiger partial charge on any atom is -0.496 e. The van der Waals surface area contributed by atoms with Gasteiger partial charge in [-0.15, -0.1) is 0 Å². The van der Waals surface area contributed by atoms with Gasteiger partial charge in [-0.3, -0.25) is 4.79 Å². The molecule has 1 atom stereocenters. The molecule has 26 heavy (non-hydrogen) atoms. The van der Waals surface area contributed by atoms with Crippen LogP contribution in [0.5, 0.6) is 5.75 Å². The molecular weight excluding hydrogens is 336 g/mol. The lowest BCUT2D eigenvalue weighted by Gasteiger charge is -2.12. The number of methoxy groups -OCH3 is 2. The molecule has 3 rings (SSSR count). The van der Waals surface area contributed by atoms with E-state index in [1.807, 2.05) is 24.3 Å². The van der Waals surface area contributed by atoms with E-state index >= 15 is 0 Å². The van der Waals surface area contributed by atoms with Crippen LogP contribution in [-0.4, -0.2) is 37.9 Å². The number of nitrogens with zero attached hydrogens (tertiary/aromatic N) is 1. The average Bonchev–Trinajstić information content (AvgIpc) is 3.18. The third-order valence-corrected chi connectivity index (χ3v) is 3.97. The SMILES string of the molecule is COC(=O)c1ccccc1NC(=O)[C@@H]1CC(c2ccccc2OC)=NO1. The number of anilines is 1. The summed E-state index contributed by atoms with van der Waals surface area (Å²) in [5.41, 5.74) is 2.04. The molecule has 0 aliphatic carbocycles. The van der Waals surface area contributed by atoms with Gasteiger partial charge in [-0.25, -0.2) is 4.79 Å². The molecule has 0 saturated carbocycles. The number of oxime groups is 1. The fraction of sp³-hybridized carbons (Fsp3) is 0.211. The smallest absolute Gasteiger partial charge is 0.339 e. The maximum absolute atomic E-state index is 12.5. The number of amides is 1. The number of ether oxygens (including phenoxy) is 2. The highest BCUT2D eigenvalue weighted by Crippen LogP contribution is 2.25. The lowest BCUT2D eigenvalue weighted by Crippen LogP contribution is -2.28. The van der Waals surface area contributed by atoms with E-state index in [1.165, 1.54) is 7.11 Å². The van der Waals surface area contributed by atoms with Crippen LogP contribution in [0.2, 0.25) is 0 Å². The van der Waals surface area contributed by atoms with Gasteiger partial charge in [-0.2, -0.15) is 0 Å². The fourth-order valence-corrected chi connectivity index (χ4v) is 2.65. The quantitative estimate of drug-likeness (QED) is 0.834. The van der Waals surface area contributed by atoms with Crippen LogP contribution in [0, 0.1) is 0 Å². The summed E-state index contributed by atoms with van der Waals surface area (Å²) in [5.74, 6) is -0.263. The molecule has 7 heteroatoms. The largest absolute Gasteiger partial charge is 0.496 e. The Morgan fingerprint density at radius 2 is 1.85 bits per heavy atom. The first-order valence-corrected chi connectivity index (χ1v) is 7.98. The lowest BCUT2D eigenvalue weighted by molar-refractivity contribution is -0.125. The summed E-state index contributed by atoms with van der Waals surface area (Å²) in [6.45, 7) is 0. The number of nitrogens with one attached hydrogen (secondary N) is 1. The molecule has 134 valence electrons. The third kappa shape index (κ3) is 3.51. The molecule has 0 radical (unpaired) electrons. The van der Waals surface area contributed by atoms with Gasteiger partial charge in [0.25, 0.3) is 5.91 Å². The lowest BCUT2D eigenvalue weighted by atomic mass is 10.0. The number of esters is 1. The van der Waals surface area contributed by atoms with Gasteiger partial charge < -0.3 is 19.6 Å². The highest BCUT2D eigenvalue weighted by Gasteiger charge is 2.30. The second kappa shape index (κ2) is 7.69. The van der Waals surface area contributed by atoms with E-state index in [0.717, 1.165) is 5.56 Å². The number of carbonyl (C=O) groups excluding carboxylic acids is 2. The number of benzene rings is 2. The van der Waals surface area contributed by atoms with E-state index in [4.69, 9.17) is 14.3 Å². The van der Waals surface area contributed by atoms with Gasteiger partial charge in [0.1, 0.15) is 5.75 Å². The first-order chi connectivity index (χ1) is 12.6. The zero-order valence-corrected chi connectivity index (χ0v) is 14.4. The van der Waals surface area contributed by atoms with Crippen molar-refractivity contribution in [2.75, 3.05) is 19.5 Å². The Morgan fingerprint density at radius 3 is 2.62 bits per heavy atom. The Kier molecular flexibility index (Phi) is 5.17. The van der Waals surface area contributed by atoms with Gasteiger partial charge in [-0.05, 0) is 24.3 Å². The summed E-state index contributed by atoms with van der Waals surface area (Å²) in [7, 11) is 2.86. The Morgan fingerprint density at radius 1 is 1.12 bits per heavy atom. The average molecular weight is 354 g/mol. The van der Waals surface area contributed by atoms with Crippen LogP contribution < -0.4 is 10.1 Å².